The van der Waals surface area contributed by atoms with Gasteiger partial charge in [0, 0.05) is 53.2 Å². The molecule has 0 spiro atoms. The number of benzene rings is 1. The number of piperidine rings is 1. The van der Waals surface area contributed by atoms with Crippen LogP contribution in [0.15, 0.2) is 42.0 Å². The number of carbonyl (C=O) groups excluding carboxylic acids is 2. The van der Waals surface area contributed by atoms with Gasteiger partial charge in [-0.1, -0.05) is 24.6 Å². The summed E-state index contributed by atoms with van der Waals surface area (Å²) in [5, 5.41) is 36.3. The molecular weight excluding hydrogens is 746 g/mol. The maximum Gasteiger partial charge on any atom is 0.524 e. The molecule has 13 nitrogen and oxygen atoms in total. The lowest BCUT2D eigenvalue weighted by molar-refractivity contribution is -0.928. The van der Waals surface area contributed by atoms with E-state index in [2.05, 4.69) is 12.4 Å². The Hall–Kier alpha value is -2.36. The number of likely N-dealkylation sites (tertiary alicyclic amines) is 1. The van der Waals surface area contributed by atoms with Crippen LogP contribution >= 0.6 is 7.82 Å². The Morgan fingerprint density at radius 1 is 1.16 bits per heavy atom. The summed E-state index contributed by atoms with van der Waals surface area (Å²) in [5.74, 6) is -1.86. The summed E-state index contributed by atoms with van der Waals surface area (Å²) in [5.41, 5.74) is -4.39. The molecule has 10 atom stereocenters. The van der Waals surface area contributed by atoms with Crippen LogP contribution in [0.25, 0.3) is 0 Å². The van der Waals surface area contributed by atoms with Crippen LogP contribution in [0.2, 0.25) is 0 Å². The number of Topliss-reactive ketones (excluding diaryl/α,β-unsaturated/α-hetero) is 1. The molecule has 5 fully saturated rings. The van der Waals surface area contributed by atoms with Crippen molar-refractivity contribution < 1.29 is 62.1 Å². The maximum absolute atomic E-state index is 17.7. The number of halogens is 1. The minimum absolute atomic E-state index is 0.00817. The number of rotatable bonds is 10. The van der Waals surface area contributed by atoms with E-state index in [1.54, 1.807) is 25.1 Å². The normalized spacial score (nSPS) is 41.3. The van der Waals surface area contributed by atoms with Crippen molar-refractivity contribution in [2.24, 2.45) is 28.6 Å². The van der Waals surface area contributed by atoms with Crippen LogP contribution in [0.1, 0.15) is 90.4 Å². The van der Waals surface area contributed by atoms with Crippen LogP contribution in [0, 0.1) is 28.6 Å². The highest BCUT2D eigenvalue weighted by Crippen LogP contribution is 2.72. The Bertz CT molecular complexity index is 1850. The Morgan fingerprint density at radius 3 is 2.50 bits per heavy atom. The molecule has 4 aliphatic carbocycles. The maximum atomic E-state index is 17.7. The number of alkyl halides is 1. The molecule has 7 rings (SSSR count). The minimum atomic E-state index is -4.91. The van der Waals surface area contributed by atoms with Gasteiger partial charge in [0.2, 0.25) is 0 Å². The zero-order valence-corrected chi connectivity index (χ0v) is 34.1. The molecule has 56 heavy (non-hydrogen) atoms. The van der Waals surface area contributed by atoms with Gasteiger partial charge in [-0.05, 0) is 89.1 Å². The lowest BCUT2D eigenvalue weighted by Gasteiger charge is -2.62. The second-order valence-corrected chi connectivity index (χ2v) is 20.3. The number of β-amino-alcohol motifs (C(OH)–C–C–N with tert-alkyl or cyclic N) is 1. The molecular formula is C41H59FN2O11P+. The first-order valence-corrected chi connectivity index (χ1v) is 21.4. The number of nitrogens with one attached hydrogen (secondary N) is 1. The highest BCUT2D eigenvalue weighted by atomic mass is 31.2. The molecule has 2 unspecified atom stereocenters. The van der Waals surface area contributed by atoms with Gasteiger partial charge < -0.3 is 39.1 Å². The van der Waals surface area contributed by atoms with Crippen LogP contribution < -0.4 is 9.84 Å². The highest BCUT2D eigenvalue weighted by Gasteiger charge is 2.79. The number of hydrogen-bond acceptors (Lipinski definition) is 10. The third kappa shape index (κ3) is 6.79. The number of quaternary nitrogens is 1. The summed E-state index contributed by atoms with van der Waals surface area (Å²) in [6.45, 7) is 10.7. The second-order valence-electron chi connectivity index (χ2n) is 19.1. The van der Waals surface area contributed by atoms with Crippen LogP contribution in [-0.2, 0) is 30.2 Å². The fourth-order valence-electron chi connectivity index (χ4n) is 11.5. The predicted molar refractivity (Wildman–Crippen MR) is 202 cm³/mol. The number of nitrogens with zero attached hydrogens (tertiary/aromatic N) is 1. The van der Waals surface area contributed by atoms with E-state index in [0.29, 0.717) is 72.9 Å². The molecule has 3 saturated carbocycles. The molecule has 0 bridgehead atoms. The number of hydrogen-bond donors (Lipinski definition) is 6. The Morgan fingerprint density at radius 2 is 1.86 bits per heavy atom. The molecule has 15 heteroatoms. The molecule has 0 radical (unpaired) electrons. The van der Waals surface area contributed by atoms with E-state index in [1.165, 1.54) is 18.2 Å². The standard InChI is InChI=1S/C41H58FN2O11P/c1-37(2,3)43-21-31(47)25-7-8-26(32(17-25)55-56(50,51)52)22-44(6)15-12-24(13-16-44)36-53-35-19-30-29-10-9-27-18-28(46)11-14-38(27,4)40(29,42)33(48)20-39(30,5)41(35,54-36)34(49)23-45/h7-8,11,14,17-18,24,29-31,33,35-36,43,45,47-48H,9-10,12-13,15-16,19-23H2,1-6H3,(H-,50,51,52)/p+1/t24?,29-,30-,31?,33-,35+,36?,38-,39-,40-,41+,44?/m0/s1. The molecule has 0 aromatic heterocycles. The summed E-state index contributed by atoms with van der Waals surface area (Å²) in [6.07, 6.45) is 2.99. The van der Waals surface area contributed by atoms with Crippen molar-refractivity contribution in [3.63, 3.8) is 0 Å². The van der Waals surface area contributed by atoms with Crippen LogP contribution in [0.4, 0.5) is 4.39 Å². The molecule has 2 aliphatic heterocycles. The number of fused-ring (bicyclic) bond motifs is 7. The zero-order chi connectivity index (χ0) is 40.9. The number of aliphatic hydroxyl groups excluding tert-OH is 3. The summed E-state index contributed by atoms with van der Waals surface area (Å²) in [6, 6.07) is 4.96. The van der Waals surface area contributed by atoms with E-state index in [9.17, 15) is 39.3 Å². The first-order chi connectivity index (χ1) is 26.0. The quantitative estimate of drug-likeness (QED) is 0.148. The van der Waals surface area contributed by atoms with Gasteiger partial charge >= 0.3 is 7.82 Å². The van der Waals surface area contributed by atoms with Crippen molar-refractivity contribution in [2.45, 2.75) is 121 Å². The summed E-state index contributed by atoms with van der Waals surface area (Å²) in [7, 11) is -2.86. The number of ketones is 2. The number of ether oxygens (including phenoxy) is 2. The predicted octanol–water partition coefficient (Wildman–Crippen LogP) is 3.96. The summed E-state index contributed by atoms with van der Waals surface area (Å²) >= 11 is 0. The van der Waals surface area contributed by atoms with Gasteiger partial charge in [0.1, 0.15) is 18.9 Å². The van der Waals surface area contributed by atoms with E-state index in [0.717, 1.165) is 0 Å². The topological polar surface area (TPSA) is 192 Å². The van der Waals surface area contributed by atoms with Crippen molar-refractivity contribution >= 4 is 19.4 Å². The van der Waals surface area contributed by atoms with E-state index >= 15 is 4.39 Å². The van der Waals surface area contributed by atoms with E-state index in [-0.39, 0.29) is 41.9 Å². The monoisotopic (exact) mass is 805 g/mol. The lowest BCUT2D eigenvalue weighted by atomic mass is 9.44. The van der Waals surface area contributed by atoms with Gasteiger partial charge in [0.25, 0.3) is 0 Å². The molecule has 2 heterocycles. The average molecular weight is 806 g/mol. The van der Waals surface area contributed by atoms with Crippen molar-refractivity contribution in [3.8, 4) is 5.75 Å². The van der Waals surface area contributed by atoms with Crippen molar-refractivity contribution in [3.05, 3.63) is 53.1 Å². The Kier molecular flexibility index (Phi) is 10.6. The molecule has 6 aliphatic rings. The van der Waals surface area contributed by atoms with Gasteiger partial charge in [-0.2, -0.15) is 0 Å². The van der Waals surface area contributed by atoms with Gasteiger partial charge in [0.15, 0.2) is 29.1 Å². The van der Waals surface area contributed by atoms with Crippen molar-refractivity contribution in [1.82, 2.24) is 5.32 Å². The third-order valence-electron chi connectivity index (χ3n) is 14.5. The van der Waals surface area contributed by atoms with Gasteiger partial charge in [-0.25, -0.2) is 8.96 Å². The average Bonchev–Trinajstić information content (AvgIpc) is 3.61. The highest BCUT2D eigenvalue weighted by molar-refractivity contribution is 7.46. The molecule has 310 valence electrons. The van der Waals surface area contributed by atoms with Gasteiger partial charge in [0.05, 0.1) is 38.4 Å². The number of carbonyl (C=O) groups is 2. The first kappa shape index (κ1) is 41.8. The van der Waals surface area contributed by atoms with Crippen LogP contribution in [-0.4, -0.2) is 110 Å². The van der Waals surface area contributed by atoms with Gasteiger partial charge in [-0.3, -0.25) is 19.4 Å². The smallest absolute Gasteiger partial charge is 0.404 e. The Balaban J connectivity index is 1.08. The SMILES string of the molecule is CC(C)(C)NCC(O)c1ccc(C[N+]2(C)CCC(C3O[C@@H]4C[C@H]5[C@@H]6CCC7=CC(=O)C=C[C@]7(C)[C@@]6(F)[C@@H](O)C[C@]5(C)[C@]4(C(=O)CO)O3)CC2)c(OP(=O)(O)O)c1. The fraction of sp³-hybridized carbons (Fsp3) is 0.707. The number of phosphoric acid groups is 1. The number of allylic oxidation sites excluding steroid dienone is 4. The molecule has 1 aromatic carbocycles. The van der Waals surface area contributed by atoms with E-state index in [4.69, 9.17) is 14.0 Å². The summed E-state index contributed by atoms with van der Waals surface area (Å²) in [4.78, 5) is 45.7. The lowest BCUT2D eigenvalue weighted by Crippen LogP contribution is -2.69. The molecule has 2 saturated heterocycles. The fourth-order valence-corrected chi connectivity index (χ4v) is 11.9. The number of aliphatic hydroxyl groups is 3. The number of phosphoric ester groups is 1. The molecule has 6 N–H and O–H groups in total. The second kappa shape index (κ2) is 14.1. The van der Waals surface area contributed by atoms with Gasteiger partial charge in [-0.15, -0.1) is 0 Å². The largest absolute Gasteiger partial charge is 0.524 e. The van der Waals surface area contributed by atoms with E-state index in [1.807, 2.05) is 27.7 Å². The van der Waals surface area contributed by atoms with Crippen molar-refractivity contribution in [2.75, 3.05) is 33.3 Å². The third-order valence-corrected chi connectivity index (χ3v) is 14.9. The molecule has 0 amide bonds. The van der Waals surface area contributed by atoms with Crippen LogP contribution in [0.3, 0.4) is 0 Å². The van der Waals surface area contributed by atoms with Crippen LogP contribution in [0.5, 0.6) is 5.75 Å². The Labute approximate surface area is 328 Å². The molecule has 1 aromatic rings. The van der Waals surface area contributed by atoms with Crippen molar-refractivity contribution in [1.29, 1.82) is 0 Å². The van der Waals surface area contributed by atoms with E-state index < -0.39 is 72.8 Å². The summed E-state index contributed by atoms with van der Waals surface area (Å²) < 4.78 is 48.9. The minimum Gasteiger partial charge on any atom is -0.404 e. The first-order valence-electron chi connectivity index (χ1n) is 19.9. The zero-order valence-electron chi connectivity index (χ0n) is 33.2.